The Kier molecular flexibility index (Phi) is 2.06. The summed E-state index contributed by atoms with van der Waals surface area (Å²) in [4.78, 5) is 0. The van der Waals surface area contributed by atoms with Crippen LogP contribution in [0.5, 0.6) is 23.0 Å². The Morgan fingerprint density at radius 1 is 0.955 bits per heavy atom. The number of hydrogen-bond acceptors (Lipinski definition) is 4. The quantitative estimate of drug-likeness (QED) is 0.538. The van der Waals surface area contributed by atoms with Gasteiger partial charge in [0.25, 0.3) is 0 Å². The molecule has 5 rings (SSSR count). The monoisotopic (exact) mass is 292 g/mol. The van der Waals surface area contributed by atoms with Crippen LogP contribution < -0.4 is 14.2 Å². The second kappa shape index (κ2) is 3.85. The number of aromatic hydroxyl groups is 1. The lowest BCUT2D eigenvalue weighted by Crippen LogP contribution is -1.93. The Balaban J connectivity index is 2.09. The predicted octanol–water partition coefficient (Wildman–Crippen LogP) is 4.03. The zero-order chi connectivity index (χ0) is 14.8. The number of phenols is 1. The van der Waals surface area contributed by atoms with Gasteiger partial charge in [0.05, 0.1) is 7.11 Å². The fourth-order valence-corrected chi connectivity index (χ4v) is 3.48. The summed E-state index contributed by atoms with van der Waals surface area (Å²) >= 11 is 0. The number of ether oxygens (including phenoxy) is 3. The summed E-state index contributed by atoms with van der Waals surface area (Å²) in [6, 6.07) is 11.8. The second-order valence-electron chi connectivity index (χ2n) is 5.46. The van der Waals surface area contributed by atoms with Crippen LogP contribution in [0.15, 0.2) is 36.4 Å². The first-order chi connectivity index (χ1) is 10.8. The highest BCUT2D eigenvalue weighted by Gasteiger charge is 2.22. The lowest BCUT2D eigenvalue weighted by molar-refractivity contribution is 0.175. The second-order valence-corrected chi connectivity index (χ2v) is 5.46. The number of rotatable bonds is 1. The molecule has 0 aliphatic carbocycles. The van der Waals surface area contributed by atoms with Crippen molar-refractivity contribution in [2.75, 3.05) is 13.9 Å². The van der Waals surface area contributed by atoms with Gasteiger partial charge in [-0.05, 0) is 35.0 Å². The molecule has 108 valence electrons. The number of fused-ring (bicyclic) bond motifs is 2. The van der Waals surface area contributed by atoms with Gasteiger partial charge < -0.3 is 19.3 Å². The first kappa shape index (κ1) is 11.7. The summed E-state index contributed by atoms with van der Waals surface area (Å²) in [5.74, 6) is 2.22. The van der Waals surface area contributed by atoms with Crippen molar-refractivity contribution in [1.29, 1.82) is 0 Å². The zero-order valence-corrected chi connectivity index (χ0v) is 11.8. The smallest absolute Gasteiger partial charge is 0.231 e. The van der Waals surface area contributed by atoms with Gasteiger partial charge in [-0.15, -0.1) is 0 Å². The Morgan fingerprint density at radius 3 is 2.50 bits per heavy atom. The van der Waals surface area contributed by atoms with Gasteiger partial charge in [-0.1, -0.05) is 12.1 Å². The van der Waals surface area contributed by atoms with Crippen LogP contribution in [0.25, 0.3) is 32.3 Å². The molecular weight excluding hydrogens is 280 g/mol. The summed E-state index contributed by atoms with van der Waals surface area (Å²) in [5, 5.41) is 16.3. The van der Waals surface area contributed by atoms with Crippen LogP contribution in [0, 0.1) is 0 Å². The first-order valence-electron chi connectivity index (χ1n) is 7.05. The first-order valence-corrected chi connectivity index (χ1v) is 7.05. The zero-order valence-electron chi connectivity index (χ0n) is 11.8. The maximum Gasteiger partial charge on any atom is 0.231 e. The molecule has 0 atom stereocenters. The van der Waals surface area contributed by atoms with E-state index in [1.54, 1.807) is 13.2 Å². The number of hydrogen-bond donors (Lipinski definition) is 1. The summed E-state index contributed by atoms with van der Waals surface area (Å²) in [6.45, 7) is 0.251. The van der Waals surface area contributed by atoms with Gasteiger partial charge in [0, 0.05) is 21.5 Å². The molecule has 0 unspecified atom stereocenters. The van der Waals surface area contributed by atoms with Crippen molar-refractivity contribution in [1.82, 2.24) is 0 Å². The fourth-order valence-electron chi connectivity index (χ4n) is 3.48. The molecule has 4 heteroatoms. The van der Waals surface area contributed by atoms with E-state index >= 15 is 0 Å². The Bertz CT molecular complexity index is 1030. The van der Waals surface area contributed by atoms with Gasteiger partial charge in [-0.3, -0.25) is 0 Å². The third-order valence-corrected chi connectivity index (χ3v) is 4.37. The van der Waals surface area contributed by atoms with Crippen LogP contribution in [0.4, 0.5) is 0 Å². The molecule has 1 N–H and O–H groups in total. The minimum atomic E-state index is 0.151. The van der Waals surface area contributed by atoms with Gasteiger partial charge in [0.1, 0.15) is 0 Å². The molecule has 0 aromatic heterocycles. The summed E-state index contributed by atoms with van der Waals surface area (Å²) in [7, 11) is 1.57. The Hall–Kier alpha value is -2.88. The van der Waals surface area contributed by atoms with E-state index in [1.165, 1.54) is 0 Å². The topological polar surface area (TPSA) is 47.9 Å². The molecule has 0 radical (unpaired) electrons. The number of methoxy groups -OCH3 is 1. The van der Waals surface area contributed by atoms with Crippen molar-refractivity contribution in [3.8, 4) is 23.0 Å². The van der Waals surface area contributed by atoms with E-state index < -0.39 is 0 Å². The molecule has 0 fully saturated rings. The highest BCUT2D eigenvalue weighted by Crippen LogP contribution is 2.48. The SMILES string of the molecule is COc1c(O)cc2ccc3cc4c(c5ccc1c2c35)OCO4. The third-order valence-electron chi connectivity index (χ3n) is 4.37. The van der Waals surface area contributed by atoms with Crippen LogP contribution in [-0.4, -0.2) is 19.0 Å². The maximum atomic E-state index is 10.2. The van der Waals surface area contributed by atoms with Gasteiger partial charge >= 0.3 is 0 Å². The minimum absolute atomic E-state index is 0.151. The molecule has 0 bridgehead atoms. The summed E-state index contributed by atoms with van der Waals surface area (Å²) in [5.41, 5.74) is 0. The molecule has 0 saturated carbocycles. The maximum absolute atomic E-state index is 10.2. The lowest BCUT2D eigenvalue weighted by atomic mass is 9.93. The standard InChI is InChI=1S/C18H12O4/c1-20-17-11-4-5-12-16-10(7-14-18(12)22-8-21-14)3-2-9(15(11)16)6-13(17)19/h2-7,19H,8H2,1H3. The van der Waals surface area contributed by atoms with Crippen molar-refractivity contribution in [2.45, 2.75) is 0 Å². The van der Waals surface area contributed by atoms with Gasteiger partial charge in [0.2, 0.25) is 6.79 Å². The molecule has 1 aliphatic heterocycles. The summed E-state index contributed by atoms with van der Waals surface area (Å²) < 4.78 is 16.5. The highest BCUT2D eigenvalue weighted by molar-refractivity contribution is 6.26. The van der Waals surface area contributed by atoms with Crippen molar-refractivity contribution < 1.29 is 19.3 Å². The van der Waals surface area contributed by atoms with Crippen LogP contribution in [0.1, 0.15) is 0 Å². The molecule has 1 aliphatic rings. The summed E-state index contributed by atoms with van der Waals surface area (Å²) in [6.07, 6.45) is 0. The number of benzene rings is 4. The van der Waals surface area contributed by atoms with Crippen molar-refractivity contribution in [3.63, 3.8) is 0 Å². The Labute approximate surface area is 125 Å². The van der Waals surface area contributed by atoms with Crippen LogP contribution in [0.3, 0.4) is 0 Å². The van der Waals surface area contributed by atoms with E-state index in [4.69, 9.17) is 14.2 Å². The molecule has 4 nitrogen and oxygen atoms in total. The average molecular weight is 292 g/mol. The van der Waals surface area contributed by atoms with E-state index in [1.807, 2.05) is 30.3 Å². The molecule has 0 amide bonds. The van der Waals surface area contributed by atoms with E-state index in [9.17, 15) is 5.11 Å². The molecule has 0 spiro atoms. The van der Waals surface area contributed by atoms with Gasteiger partial charge in [-0.2, -0.15) is 0 Å². The average Bonchev–Trinajstić information content (AvgIpc) is 3.00. The molecule has 1 heterocycles. The highest BCUT2D eigenvalue weighted by atomic mass is 16.7. The van der Waals surface area contributed by atoms with E-state index in [-0.39, 0.29) is 12.5 Å². The van der Waals surface area contributed by atoms with Crippen LogP contribution in [0.2, 0.25) is 0 Å². The molecule has 0 saturated heterocycles. The van der Waals surface area contributed by atoms with E-state index in [0.29, 0.717) is 5.75 Å². The minimum Gasteiger partial charge on any atom is -0.504 e. The third kappa shape index (κ3) is 1.27. The van der Waals surface area contributed by atoms with Crippen LogP contribution >= 0.6 is 0 Å². The van der Waals surface area contributed by atoms with Gasteiger partial charge in [-0.25, -0.2) is 0 Å². The fraction of sp³-hybridized carbons (Fsp3) is 0.111. The van der Waals surface area contributed by atoms with Crippen molar-refractivity contribution >= 4 is 32.3 Å². The van der Waals surface area contributed by atoms with Crippen molar-refractivity contribution in [3.05, 3.63) is 36.4 Å². The molecule has 4 aromatic rings. The lowest BCUT2D eigenvalue weighted by Gasteiger charge is -2.15. The van der Waals surface area contributed by atoms with Crippen molar-refractivity contribution in [2.24, 2.45) is 0 Å². The van der Waals surface area contributed by atoms with E-state index in [0.717, 1.165) is 43.8 Å². The Morgan fingerprint density at radius 2 is 1.68 bits per heavy atom. The van der Waals surface area contributed by atoms with Crippen LogP contribution in [-0.2, 0) is 0 Å². The molecule has 22 heavy (non-hydrogen) atoms. The molecular formula is C18H12O4. The number of phenolic OH excluding ortho intramolecular Hbond substituents is 1. The normalized spacial score (nSPS) is 13.5. The van der Waals surface area contributed by atoms with Gasteiger partial charge in [0.15, 0.2) is 23.0 Å². The van der Waals surface area contributed by atoms with E-state index in [2.05, 4.69) is 0 Å². The molecule has 4 aromatic carbocycles. The largest absolute Gasteiger partial charge is 0.504 e. The predicted molar refractivity (Wildman–Crippen MR) is 84.5 cm³/mol.